The standard InChI is InChI=1S/C13H22N2OS/c1-2-9-15(10-5-6-10)12(16)13(11(14)17)7-3-4-8-13/h10H,2-9H2,1H3,(H2,14,17). The quantitative estimate of drug-likeness (QED) is 0.765. The van der Waals surface area contributed by atoms with E-state index in [1.165, 1.54) is 0 Å². The zero-order valence-electron chi connectivity index (χ0n) is 10.6. The molecule has 17 heavy (non-hydrogen) atoms. The average molecular weight is 254 g/mol. The van der Waals surface area contributed by atoms with Crippen LogP contribution >= 0.6 is 12.2 Å². The van der Waals surface area contributed by atoms with Crippen molar-refractivity contribution in [2.24, 2.45) is 11.1 Å². The van der Waals surface area contributed by atoms with Gasteiger partial charge in [-0.05, 0) is 32.1 Å². The highest BCUT2D eigenvalue weighted by molar-refractivity contribution is 7.80. The topological polar surface area (TPSA) is 46.3 Å². The van der Waals surface area contributed by atoms with Crippen molar-refractivity contribution in [3.8, 4) is 0 Å². The molecule has 0 spiro atoms. The van der Waals surface area contributed by atoms with Crippen molar-refractivity contribution in [3.63, 3.8) is 0 Å². The van der Waals surface area contributed by atoms with Crippen LogP contribution in [0.3, 0.4) is 0 Å². The van der Waals surface area contributed by atoms with Crippen LogP contribution < -0.4 is 5.73 Å². The molecule has 0 aliphatic heterocycles. The molecule has 0 saturated heterocycles. The summed E-state index contributed by atoms with van der Waals surface area (Å²) >= 11 is 5.18. The summed E-state index contributed by atoms with van der Waals surface area (Å²) in [5, 5.41) is 0. The third-order valence-corrected chi connectivity index (χ3v) is 4.44. The van der Waals surface area contributed by atoms with Gasteiger partial charge in [0.2, 0.25) is 5.91 Å². The normalized spacial score (nSPS) is 22.4. The second-order valence-corrected chi connectivity index (χ2v) is 5.82. The molecule has 0 bridgehead atoms. The van der Waals surface area contributed by atoms with Gasteiger partial charge in [0.15, 0.2) is 0 Å². The van der Waals surface area contributed by atoms with E-state index in [0.717, 1.165) is 51.5 Å². The Morgan fingerprint density at radius 1 is 1.41 bits per heavy atom. The molecule has 1 amide bonds. The van der Waals surface area contributed by atoms with Crippen LogP contribution in [-0.4, -0.2) is 28.4 Å². The molecule has 2 N–H and O–H groups in total. The molecular formula is C13H22N2OS. The van der Waals surface area contributed by atoms with Gasteiger partial charge in [0.25, 0.3) is 0 Å². The minimum absolute atomic E-state index is 0.215. The molecule has 2 fully saturated rings. The van der Waals surface area contributed by atoms with Gasteiger partial charge >= 0.3 is 0 Å². The maximum atomic E-state index is 12.7. The Bertz CT molecular complexity index is 319. The fourth-order valence-corrected chi connectivity index (χ4v) is 3.19. The van der Waals surface area contributed by atoms with Crippen LogP contribution in [0.25, 0.3) is 0 Å². The molecule has 0 atom stereocenters. The number of amides is 1. The Hall–Kier alpha value is -0.640. The SMILES string of the molecule is CCCN(C(=O)C1(C(N)=S)CCCC1)C1CC1. The van der Waals surface area contributed by atoms with Crippen LogP contribution in [-0.2, 0) is 4.79 Å². The number of hydrogen-bond acceptors (Lipinski definition) is 2. The van der Waals surface area contributed by atoms with Crippen molar-refractivity contribution < 1.29 is 4.79 Å². The van der Waals surface area contributed by atoms with E-state index in [-0.39, 0.29) is 5.91 Å². The Morgan fingerprint density at radius 3 is 2.41 bits per heavy atom. The van der Waals surface area contributed by atoms with Gasteiger partial charge in [-0.25, -0.2) is 0 Å². The summed E-state index contributed by atoms with van der Waals surface area (Å²) in [7, 11) is 0. The Labute approximate surface area is 109 Å². The van der Waals surface area contributed by atoms with Crippen LogP contribution in [0.4, 0.5) is 0 Å². The van der Waals surface area contributed by atoms with Crippen LogP contribution in [0.1, 0.15) is 51.9 Å². The summed E-state index contributed by atoms with van der Waals surface area (Å²) in [4.78, 5) is 15.2. The predicted molar refractivity (Wildman–Crippen MR) is 72.7 cm³/mol. The number of hydrogen-bond donors (Lipinski definition) is 1. The highest BCUT2D eigenvalue weighted by Crippen LogP contribution is 2.42. The van der Waals surface area contributed by atoms with E-state index in [2.05, 4.69) is 6.92 Å². The molecule has 96 valence electrons. The van der Waals surface area contributed by atoms with E-state index in [1.54, 1.807) is 0 Å². The lowest BCUT2D eigenvalue weighted by Crippen LogP contribution is -2.50. The summed E-state index contributed by atoms with van der Waals surface area (Å²) in [6, 6.07) is 0.467. The second-order valence-electron chi connectivity index (χ2n) is 5.38. The molecule has 0 unspecified atom stereocenters. The number of thiocarbonyl (C=S) groups is 1. The first-order valence-corrected chi connectivity index (χ1v) is 7.13. The molecule has 0 radical (unpaired) electrons. The summed E-state index contributed by atoms with van der Waals surface area (Å²) in [6.07, 6.45) is 7.18. The van der Waals surface area contributed by atoms with Gasteiger partial charge < -0.3 is 10.6 Å². The fraction of sp³-hybridized carbons (Fsp3) is 0.846. The van der Waals surface area contributed by atoms with E-state index in [4.69, 9.17) is 18.0 Å². The molecule has 2 rings (SSSR count). The first kappa shape index (κ1) is 12.8. The van der Waals surface area contributed by atoms with Crippen molar-refractivity contribution in [3.05, 3.63) is 0 Å². The van der Waals surface area contributed by atoms with Crippen LogP contribution in [0.5, 0.6) is 0 Å². The molecule has 0 aromatic carbocycles. The van der Waals surface area contributed by atoms with Gasteiger partial charge in [0.05, 0.1) is 10.4 Å². The third-order valence-electron chi connectivity index (χ3n) is 4.05. The lowest BCUT2D eigenvalue weighted by Gasteiger charge is -2.33. The maximum Gasteiger partial charge on any atom is 0.235 e. The molecular weight excluding hydrogens is 232 g/mol. The fourth-order valence-electron chi connectivity index (χ4n) is 2.90. The van der Waals surface area contributed by atoms with E-state index >= 15 is 0 Å². The smallest absolute Gasteiger partial charge is 0.235 e. The van der Waals surface area contributed by atoms with Crippen molar-refractivity contribution >= 4 is 23.1 Å². The van der Waals surface area contributed by atoms with E-state index < -0.39 is 5.41 Å². The van der Waals surface area contributed by atoms with Crippen LogP contribution in [0, 0.1) is 5.41 Å². The highest BCUT2D eigenvalue weighted by atomic mass is 32.1. The number of nitrogens with zero attached hydrogens (tertiary/aromatic N) is 1. The molecule has 2 aliphatic rings. The number of nitrogens with two attached hydrogens (primary N) is 1. The van der Waals surface area contributed by atoms with Crippen molar-refractivity contribution in [2.75, 3.05) is 6.54 Å². The van der Waals surface area contributed by atoms with E-state index in [0.29, 0.717) is 11.0 Å². The zero-order chi connectivity index (χ0) is 12.5. The summed E-state index contributed by atoms with van der Waals surface area (Å²) in [5.41, 5.74) is 5.37. The first-order chi connectivity index (χ1) is 8.12. The van der Waals surface area contributed by atoms with E-state index in [1.807, 2.05) is 4.90 Å². The zero-order valence-corrected chi connectivity index (χ0v) is 11.4. The van der Waals surface area contributed by atoms with Crippen LogP contribution in [0.15, 0.2) is 0 Å². The third kappa shape index (κ3) is 2.32. The van der Waals surface area contributed by atoms with Gasteiger partial charge in [0, 0.05) is 12.6 Å². The number of carbonyl (C=O) groups excluding carboxylic acids is 1. The monoisotopic (exact) mass is 254 g/mol. The largest absolute Gasteiger partial charge is 0.392 e. The van der Waals surface area contributed by atoms with Crippen LogP contribution in [0.2, 0.25) is 0 Å². The van der Waals surface area contributed by atoms with Crippen molar-refractivity contribution in [2.45, 2.75) is 57.9 Å². The summed E-state index contributed by atoms with van der Waals surface area (Å²) in [5.74, 6) is 0.215. The molecule has 0 heterocycles. The van der Waals surface area contributed by atoms with Gasteiger partial charge in [-0.1, -0.05) is 32.0 Å². The molecule has 0 aromatic rings. The predicted octanol–water partition coefficient (Wildman–Crippen LogP) is 2.23. The lowest BCUT2D eigenvalue weighted by atomic mass is 9.84. The van der Waals surface area contributed by atoms with Gasteiger partial charge in [-0.3, -0.25) is 4.79 Å². The molecule has 0 aromatic heterocycles. The average Bonchev–Trinajstić information content (AvgIpc) is 3.00. The minimum atomic E-state index is -0.507. The number of carbonyl (C=O) groups is 1. The summed E-state index contributed by atoms with van der Waals surface area (Å²) in [6.45, 7) is 2.97. The van der Waals surface area contributed by atoms with Gasteiger partial charge in [0.1, 0.15) is 0 Å². The highest BCUT2D eigenvalue weighted by Gasteiger charge is 2.48. The summed E-state index contributed by atoms with van der Waals surface area (Å²) < 4.78 is 0. The van der Waals surface area contributed by atoms with E-state index in [9.17, 15) is 4.79 Å². The van der Waals surface area contributed by atoms with Gasteiger partial charge in [-0.15, -0.1) is 0 Å². The lowest BCUT2D eigenvalue weighted by molar-refractivity contribution is -0.138. The van der Waals surface area contributed by atoms with Crippen molar-refractivity contribution in [1.29, 1.82) is 0 Å². The minimum Gasteiger partial charge on any atom is -0.392 e. The molecule has 4 heteroatoms. The Morgan fingerprint density at radius 2 is 2.00 bits per heavy atom. The van der Waals surface area contributed by atoms with Gasteiger partial charge in [-0.2, -0.15) is 0 Å². The first-order valence-electron chi connectivity index (χ1n) is 6.73. The molecule has 2 saturated carbocycles. The maximum absolute atomic E-state index is 12.7. The Kier molecular flexibility index (Phi) is 3.71. The Balaban J connectivity index is 2.17. The molecule has 3 nitrogen and oxygen atoms in total. The second kappa shape index (κ2) is 4.92. The number of rotatable bonds is 5. The van der Waals surface area contributed by atoms with Crippen molar-refractivity contribution in [1.82, 2.24) is 4.90 Å². The molecule has 2 aliphatic carbocycles.